The lowest BCUT2D eigenvalue weighted by Crippen LogP contribution is -2.38. The van der Waals surface area contributed by atoms with E-state index in [0.717, 1.165) is 54.1 Å². The molecule has 0 radical (unpaired) electrons. The number of halogens is 2. The number of fused-ring (bicyclic) bond motifs is 1. The van der Waals surface area contributed by atoms with Crippen molar-refractivity contribution in [1.29, 1.82) is 0 Å². The molecule has 1 saturated heterocycles. The molecule has 0 spiro atoms. The standard InChI is InChI=1S/C47H56ClFN6O6S/c1-47(2,3)61-46(58)50-22-21-30-10-9-23-54(27-30)44-38-26-51-42(41(49)43(38)52-45(53-44)62-6)37-24-33(25-39(48)36(37)11-7-8-12-40(56)57)55(28-31-13-17-34(59-4)18-14-31)29-32-15-19-35(60-5)20-16-32/h13-20,24-26,30H,7-12,21-23,27-29H2,1-6H3,(H,50,58)(H,56,57). The maximum Gasteiger partial charge on any atom is 0.407 e. The number of aliphatic carboxylic acids is 1. The predicted octanol–water partition coefficient (Wildman–Crippen LogP) is 10.4. The predicted molar refractivity (Wildman–Crippen MR) is 244 cm³/mol. The second-order valence-electron chi connectivity index (χ2n) is 16.5. The van der Waals surface area contributed by atoms with Crippen molar-refractivity contribution in [1.82, 2.24) is 20.3 Å². The third-order valence-corrected chi connectivity index (χ3v) is 11.7. The second kappa shape index (κ2) is 21.2. The van der Waals surface area contributed by atoms with Crippen molar-refractivity contribution < 1.29 is 33.3 Å². The van der Waals surface area contributed by atoms with Crippen molar-refractivity contribution in [2.45, 2.75) is 89.6 Å². The van der Waals surface area contributed by atoms with Crippen LogP contribution in [0.3, 0.4) is 0 Å². The number of piperidine rings is 1. The van der Waals surface area contributed by atoms with Crippen LogP contribution in [0.2, 0.25) is 5.02 Å². The quantitative estimate of drug-likeness (QED) is 0.0492. The highest BCUT2D eigenvalue weighted by atomic mass is 35.5. The number of carbonyl (C=O) groups is 2. The number of hydrogen-bond donors (Lipinski definition) is 2. The van der Waals surface area contributed by atoms with Crippen molar-refractivity contribution in [2.75, 3.05) is 49.9 Å². The summed E-state index contributed by atoms with van der Waals surface area (Å²) in [4.78, 5) is 42.5. The lowest BCUT2D eigenvalue weighted by atomic mass is 9.94. The van der Waals surface area contributed by atoms with Crippen LogP contribution in [0.1, 0.15) is 76.0 Å². The first-order chi connectivity index (χ1) is 29.7. The van der Waals surface area contributed by atoms with Gasteiger partial charge in [0.15, 0.2) is 11.0 Å². The van der Waals surface area contributed by atoms with Gasteiger partial charge in [0.2, 0.25) is 0 Å². The Morgan fingerprint density at radius 2 is 1.66 bits per heavy atom. The zero-order valence-corrected chi connectivity index (χ0v) is 37.9. The van der Waals surface area contributed by atoms with Gasteiger partial charge >= 0.3 is 12.1 Å². The number of alkyl carbamates (subject to hydrolysis) is 1. The Balaban J connectivity index is 1.39. The first-order valence-electron chi connectivity index (χ1n) is 20.9. The minimum atomic E-state index is -0.876. The molecule has 2 N–H and O–H groups in total. The van der Waals surface area contributed by atoms with Crippen LogP contribution < -0.4 is 24.6 Å². The van der Waals surface area contributed by atoms with E-state index in [1.54, 1.807) is 20.4 Å². The molecule has 1 atom stereocenters. The van der Waals surface area contributed by atoms with Gasteiger partial charge < -0.3 is 34.4 Å². The number of thioether (sulfide) groups is 1. The van der Waals surface area contributed by atoms with Crippen LogP contribution in [0, 0.1) is 11.7 Å². The molecule has 15 heteroatoms. The molecular weight excluding hydrogens is 831 g/mol. The average molecular weight is 888 g/mol. The molecule has 62 heavy (non-hydrogen) atoms. The number of pyridine rings is 1. The Labute approximate surface area is 372 Å². The Hall–Kier alpha value is -5.34. The fraction of sp³-hybridized carbons (Fsp3) is 0.426. The van der Waals surface area contributed by atoms with Crippen molar-refractivity contribution >= 4 is 57.8 Å². The molecule has 5 aromatic rings. The fourth-order valence-corrected chi connectivity index (χ4v) is 8.39. The third kappa shape index (κ3) is 12.2. The number of carbonyl (C=O) groups excluding carboxylic acids is 1. The van der Waals surface area contributed by atoms with E-state index in [-0.39, 0.29) is 23.5 Å². The SMILES string of the molecule is COc1ccc(CN(Cc2ccc(OC)cc2)c2cc(Cl)c(CCCCC(=O)O)c(-c3ncc4c(N5CCCC(CCNC(=O)OC(C)(C)C)C5)nc(SC)nc4c3F)c2)cc1. The van der Waals surface area contributed by atoms with E-state index >= 15 is 4.39 Å². The van der Waals surface area contributed by atoms with Crippen molar-refractivity contribution in [3.63, 3.8) is 0 Å². The molecule has 0 saturated carbocycles. The molecule has 3 heterocycles. The molecule has 1 amide bonds. The van der Waals surface area contributed by atoms with E-state index in [0.29, 0.717) is 78.0 Å². The molecule has 0 bridgehead atoms. The van der Waals surface area contributed by atoms with Gasteiger partial charge in [-0.3, -0.25) is 9.78 Å². The van der Waals surface area contributed by atoms with E-state index in [9.17, 15) is 14.7 Å². The summed E-state index contributed by atoms with van der Waals surface area (Å²) in [7, 11) is 3.26. The second-order valence-corrected chi connectivity index (χ2v) is 17.7. The largest absolute Gasteiger partial charge is 0.497 e. The fourth-order valence-electron chi connectivity index (χ4n) is 7.72. The first kappa shape index (κ1) is 46.2. The van der Waals surface area contributed by atoms with Gasteiger partial charge in [0, 0.05) is 61.6 Å². The average Bonchev–Trinajstić information content (AvgIpc) is 3.25. The lowest BCUT2D eigenvalue weighted by molar-refractivity contribution is -0.137. The molecule has 3 aromatic carbocycles. The summed E-state index contributed by atoms with van der Waals surface area (Å²) in [6.45, 7) is 8.39. The van der Waals surface area contributed by atoms with Crippen LogP contribution >= 0.6 is 23.4 Å². The van der Waals surface area contributed by atoms with Gasteiger partial charge in [-0.2, -0.15) is 0 Å². The number of methoxy groups -OCH3 is 2. The zero-order chi connectivity index (χ0) is 44.4. The summed E-state index contributed by atoms with van der Waals surface area (Å²) in [5.41, 5.74) is 3.68. The Bertz CT molecular complexity index is 2280. The van der Waals surface area contributed by atoms with E-state index in [1.807, 2.05) is 87.7 Å². The summed E-state index contributed by atoms with van der Waals surface area (Å²) in [6.07, 6.45) is 7.13. The number of carboxylic acids is 1. The Morgan fingerprint density at radius 3 is 2.26 bits per heavy atom. The van der Waals surface area contributed by atoms with Crippen molar-refractivity contribution in [3.8, 4) is 22.8 Å². The summed E-state index contributed by atoms with van der Waals surface area (Å²) in [5, 5.41) is 13.6. The van der Waals surface area contributed by atoms with Crippen LogP contribution in [0.25, 0.3) is 22.2 Å². The Morgan fingerprint density at radius 1 is 1.00 bits per heavy atom. The number of aromatic nitrogens is 3. The molecular formula is C47H56ClFN6O6S. The van der Waals surface area contributed by atoms with Gasteiger partial charge in [0.25, 0.3) is 0 Å². The Kier molecular flexibility index (Phi) is 15.8. The minimum absolute atomic E-state index is 0.0138. The minimum Gasteiger partial charge on any atom is -0.497 e. The van der Waals surface area contributed by atoms with Gasteiger partial charge in [-0.1, -0.05) is 47.6 Å². The van der Waals surface area contributed by atoms with Crippen LogP contribution in [0.15, 0.2) is 72.0 Å². The van der Waals surface area contributed by atoms with E-state index < -0.39 is 23.5 Å². The van der Waals surface area contributed by atoms with Crippen LogP contribution in [-0.2, 0) is 29.0 Å². The van der Waals surface area contributed by atoms with E-state index in [1.165, 1.54) is 11.8 Å². The highest BCUT2D eigenvalue weighted by Gasteiger charge is 2.27. The number of anilines is 2. The maximum absolute atomic E-state index is 17.4. The van der Waals surface area contributed by atoms with Gasteiger partial charge in [0.05, 0.1) is 19.6 Å². The first-order valence-corrected chi connectivity index (χ1v) is 22.5. The molecule has 1 aliphatic rings. The zero-order valence-electron chi connectivity index (χ0n) is 36.3. The normalized spacial score (nSPS) is 14.1. The van der Waals surface area contributed by atoms with Crippen molar-refractivity contribution in [2.24, 2.45) is 5.92 Å². The number of nitrogens with zero attached hydrogens (tertiary/aromatic N) is 5. The molecule has 1 unspecified atom stereocenters. The topological polar surface area (TPSA) is 139 Å². The number of amides is 1. The van der Waals surface area contributed by atoms with Gasteiger partial charge in [0.1, 0.15) is 34.1 Å². The summed E-state index contributed by atoms with van der Waals surface area (Å²) >= 11 is 8.54. The summed E-state index contributed by atoms with van der Waals surface area (Å²) in [6, 6.07) is 19.5. The number of ether oxygens (including phenoxy) is 3. The highest BCUT2D eigenvalue weighted by molar-refractivity contribution is 7.98. The van der Waals surface area contributed by atoms with E-state index in [4.69, 9.17) is 40.8 Å². The molecule has 1 fully saturated rings. The molecule has 12 nitrogen and oxygen atoms in total. The highest BCUT2D eigenvalue weighted by Crippen LogP contribution is 2.40. The van der Waals surface area contributed by atoms with E-state index in [2.05, 4.69) is 15.1 Å². The number of unbranched alkanes of at least 4 members (excludes halogenated alkanes) is 1. The van der Waals surface area contributed by atoms with Crippen molar-refractivity contribution in [3.05, 3.63) is 94.4 Å². The maximum atomic E-state index is 17.4. The van der Waals surface area contributed by atoms with Crippen LogP contribution in [0.5, 0.6) is 11.5 Å². The van der Waals surface area contributed by atoms with Gasteiger partial charge in [-0.25, -0.2) is 19.2 Å². The number of rotatable bonds is 18. The van der Waals surface area contributed by atoms with Gasteiger partial charge in [-0.05, 0) is 125 Å². The number of carboxylic acid groups (broad SMARTS) is 1. The third-order valence-electron chi connectivity index (χ3n) is 10.8. The molecule has 6 rings (SSSR count). The number of nitrogens with one attached hydrogen (secondary N) is 1. The number of benzene rings is 3. The molecule has 330 valence electrons. The molecule has 2 aromatic heterocycles. The summed E-state index contributed by atoms with van der Waals surface area (Å²) in [5.74, 6) is 0.914. The molecule has 0 aliphatic carbocycles. The number of hydrogen-bond acceptors (Lipinski definition) is 11. The van der Waals surface area contributed by atoms with Crippen LogP contribution in [-0.4, -0.2) is 77.8 Å². The molecule has 1 aliphatic heterocycles. The van der Waals surface area contributed by atoms with Gasteiger partial charge in [-0.15, -0.1) is 0 Å². The smallest absolute Gasteiger partial charge is 0.407 e. The monoisotopic (exact) mass is 886 g/mol. The van der Waals surface area contributed by atoms with Crippen LogP contribution in [0.4, 0.5) is 20.7 Å². The lowest BCUT2D eigenvalue weighted by Gasteiger charge is -2.34. The summed E-state index contributed by atoms with van der Waals surface area (Å²) < 4.78 is 33.7.